The zero-order valence-corrected chi connectivity index (χ0v) is 22.4. The third-order valence-corrected chi connectivity index (χ3v) is 6.92. The summed E-state index contributed by atoms with van der Waals surface area (Å²) >= 11 is 0. The van der Waals surface area contributed by atoms with E-state index in [0.29, 0.717) is 12.5 Å². The van der Waals surface area contributed by atoms with Gasteiger partial charge in [0.15, 0.2) is 0 Å². The predicted octanol–water partition coefficient (Wildman–Crippen LogP) is 3.52. The molecule has 2 aliphatic heterocycles. The van der Waals surface area contributed by atoms with Gasteiger partial charge in [0.2, 0.25) is 0 Å². The number of piperidine rings is 1. The number of rotatable bonds is 8. The quantitative estimate of drug-likeness (QED) is 0.475. The fraction of sp³-hybridized carbons (Fsp3) is 0.630. The summed E-state index contributed by atoms with van der Waals surface area (Å²) in [7, 11) is 1.76. The molecule has 4 heterocycles. The maximum absolute atomic E-state index is 12.5. The molecule has 2 aliphatic rings. The number of carbonyl (C=O) groups excluding carboxylic acids is 1. The zero-order chi connectivity index (χ0) is 25.7. The first-order valence-corrected chi connectivity index (χ1v) is 13.3. The molecule has 2 aromatic rings. The van der Waals surface area contributed by atoms with Gasteiger partial charge in [-0.25, -0.2) is 15.0 Å². The lowest BCUT2D eigenvalue weighted by Gasteiger charge is -2.34. The molecule has 3 N–H and O–H groups in total. The molecule has 0 aliphatic carbocycles. The van der Waals surface area contributed by atoms with Crippen LogP contribution in [0.3, 0.4) is 0 Å². The third kappa shape index (κ3) is 6.24. The summed E-state index contributed by atoms with van der Waals surface area (Å²) in [5.41, 5.74) is 3.08. The summed E-state index contributed by atoms with van der Waals surface area (Å²) in [6.07, 6.45) is 6.79. The van der Waals surface area contributed by atoms with Gasteiger partial charge < -0.3 is 25.6 Å². The van der Waals surface area contributed by atoms with Gasteiger partial charge >= 0.3 is 5.97 Å². The first-order valence-electron chi connectivity index (χ1n) is 13.3. The highest BCUT2D eigenvalue weighted by Gasteiger charge is 2.27. The van der Waals surface area contributed by atoms with Crippen molar-refractivity contribution in [3.8, 4) is 0 Å². The van der Waals surface area contributed by atoms with Crippen molar-refractivity contribution in [3.63, 3.8) is 0 Å². The van der Waals surface area contributed by atoms with Gasteiger partial charge in [-0.1, -0.05) is 13.0 Å². The summed E-state index contributed by atoms with van der Waals surface area (Å²) in [6, 6.07) is 4.00. The number of aromatic nitrogens is 3. The van der Waals surface area contributed by atoms with Gasteiger partial charge in [-0.15, -0.1) is 0 Å². The molecular formula is C27H41N7O2. The van der Waals surface area contributed by atoms with Crippen LogP contribution in [0.2, 0.25) is 0 Å². The second-order valence-electron chi connectivity index (χ2n) is 10.7. The molecule has 1 atom stereocenters. The maximum Gasteiger partial charge on any atom is 0.325 e. The van der Waals surface area contributed by atoms with E-state index >= 15 is 0 Å². The molecule has 0 bridgehead atoms. The minimum absolute atomic E-state index is 0.280. The topological polar surface area (TPSA) is 104 Å². The third-order valence-electron chi connectivity index (χ3n) is 6.92. The second-order valence-corrected chi connectivity index (χ2v) is 10.7. The standard InChI is InChI=1S/C27H41N7O2/c1-6-20-24(30-16-22(28-5)26(35)36-27(2,3)4)31-17-32-25(20)34-14-11-18(12-15-34)21-10-9-19-8-7-13-29-23(19)33-21/h9-10,17-18,22,28H,6-8,11-16H2,1-5H3,(H,29,33)(H,30,31,32). The molecule has 1 unspecified atom stereocenters. The molecule has 36 heavy (non-hydrogen) atoms. The number of nitrogens with zero attached hydrogens (tertiary/aromatic N) is 4. The Morgan fingerprint density at radius 2 is 2.03 bits per heavy atom. The van der Waals surface area contributed by atoms with Crippen molar-refractivity contribution >= 4 is 23.4 Å². The van der Waals surface area contributed by atoms with Crippen molar-refractivity contribution in [3.05, 3.63) is 35.3 Å². The SMILES string of the molecule is CCc1c(NCC(NC)C(=O)OC(C)(C)C)ncnc1N1CCC(c2ccc3c(n2)NCCC3)CC1. The van der Waals surface area contributed by atoms with E-state index < -0.39 is 11.6 Å². The van der Waals surface area contributed by atoms with Gasteiger partial charge in [-0.2, -0.15) is 0 Å². The van der Waals surface area contributed by atoms with E-state index in [9.17, 15) is 4.79 Å². The van der Waals surface area contributed by atoms with Gasteiger partial charge in [0.25, 0.3) is 0 Å². The Morgan fingerprint density at radius 1 is 1.25 bits per heavy atom. The van der Waals surface area contributed by atoms with Gasteiger partial charge in [0, 0.05) is 43.4 Å². The molecule has 0 aromatic carbocycles. The summed E-state index contributed by atoms with van der Waals surface area (Å²) in [4.78, 5) is 29.0. The maximum atomic E-state index is 12.5. The fourth-order valence-corrected chi connectivity index (χ4v) is 4.99. The number of carbonyl (C=O) groups is 1. The molecule has 1 saturated heterocycles. The molecular weight excluding hydrogens is 454 g/mol. The average Bonchev–Trinajstić information content (AvgIpc) is 2.87. The molecule has 0 radical (unpaired) electrons. The lowest BCUT2D eigenvalue weighted by Crippen LogP contribution is -2.44. The molecule has 0 spiro atoms. The Balaban J connectivity index is 1.40. The van der Waals surface area contributed by atoms with Crippen molar-refractivity contribution in [2.75, 3.05) is 48.8 Å². The van der Waals surface area contributed by atoms with Gasteiger partial charge in [-0.05, 0) is 71.6 Å². The highest BCUT2D eigenvalue weighted by Crippen LogP contribution is 2.33. The van der Waals surface area contributed by atoms with Gasteiger partial charge in [0.05, 0.1) is 0 Å². The van der Waals surface area contributed by atoms with Gasteiger partial charge in [-0.3, -0.25) is 4.79 Å². The number of likely N-dealkylation sites (N-methyl/N-ethyl adjacent to an activating group) is 1. The van der Waals surface area contributed by atoms with Crippen LogP contribution in [0, 0.1) is 0 Å². The minimum Gasteiger partial charge on any atom is -0.459 e. The number of pyridine rings is 1. The molecule has 0 amide bonds. The van der Waals surface area contributed by atoms with Crippen molar-refractivity contribution in [1.29, 1.82) is 0 Å². The zero-order valence-electron chi connectivity index (χ0n) is 22.4. The lowest BCUT2D eigenvalue weighted by molar-refractivity contribution is -0.156. The predicted molar refractivity (Wildman–Crippen MR) is 144 cm³/mol. The summed E-state index contributed by atoms with van der Waals surface area (Å²) in [5, 5.41) is 9.88. The average molecular weight is 496 g/mol. The Kier molecular flexibility index (Phi) is 8.28. The van der Waals surface area contributed by atoms with Crippen LogP contribution in [0.5, 0.6) is 0 Å². The molecule has 4 rings (SSSR count). The van der Waals surface area contributed by atoms with Crippen LogP contribution >= 0.6 is 0 Å². The van der Waals surface area contributed by atoms with E-state index in [1.54, 1.807) is 13.4 Å². The van der Waals surface area contributed by atoms with E-state index in [1.165, 1.54) is 17.7 Å². The van der Waals surface area contributed by atoms with Crippen LogP contribution in [0.25, 0.3) is 0 Å². The molecule has 0 saturated carbocycles. The Bertz CT molecular complexity index is 1040. The Morgan fingerprint density at radius 3 is 2.72 bits per heavy atom. The number of fused-ring (bicyclic) bond motifs is 1. The second kappa shape index (κ2) is 11.4. The van der Waals surface area contributed by atoms with Crippen LogP contribution in [0.1, 0.15) is 69.7 Å². The summed E-state index contributed by atoms with van der Waals surface area (Å²) in [6.45, 7) is 11.0. The van der Waals surface area contributed by atoms with E-state index in [2.05, 4.69) is 49.9 Å². The molecule has 196 valence electrons. The Hall–Kier alpha value is -2.94. The minimum atomic E-state index is -0.528. The number of nitrogens with one attached hydrogen (secondary N) is 3. The number of hydrogen-bond acceptors (Lipinski definition) is 9. The smallest absolute Gasteiger partial charge is 0.325 e. The summed E-state index contributed by atoms with van der Waals surface area (Å²) < 4.78 is 5.54. The number of anilines is 3. The number of esters is 1. The Labute approximate surface area is 214 Å². The van der Waals surface area contributed by atoms with Crippen molar-refractivity contribution in [2.24, 2.45) is 0 Å². The van der Waals surface area contributed by atoms with Gasteiger partial charge in [0.1, 0.15) is 35.4 Å². The first-order chi connectivity index (χ1) is 17.3. The van der Waals surface area contributed by atoms with E-state index in [-0.39, 0.29) is 5.97 Å². The molecule has 2 aromatic heterocycles. The van der Waals surface area contributed by atoms with Crippen LogP contribution in [0.4, 0.5) is 17.5 Å². The van der Waals surface area contributed by atoms with Crippen LogP contribution in [0.15, 0.2) is 18.5 Å². The monoisotopic (exact) mass is 495 g/mol. The highest BCUT2D eigenvalue weighted by molar-refractivity contribution is 5.77. The largest absolute Gasteiger partial charge is 0.459 e. The van der Waals surface area contributed by atoms with Crippen molar-refractivity contribution in [1.82, 2.24) is 20.3 Å². The van der Waals surface area contributed by atoms with Crippen LogP contribution in [-0.4, -0.2) is 65.8 Å². The van der Waals surface area contributed by atoms with Crippen molar-refractivity contribution in [2.45, 2.75) is 77.4 Å². The lowest BCUT2D eigenvalue weighted by atomic mass is 9.92. The van der Waals surface area contributed by atoms with Crippen molar-refractivity contribution < 1.29 is 9.53 Å². The van der Waals surface area contributed by atoms with E-state index in [1.807, 2.05) is 20.8 Å². The van der Waals surface area contributed by atoms with Crippen LogP contribution < -0.4 is 20.9 Å². The normalized spacial score (nSPS) is 17.2. The number of hydrogen-bond donors (Lipinski definition) is 3. The van der Waals surface area contributed by atoms with E-state index in [0.717, 1.165) is 68.3 Å². The number of aryl methyl sites for hydroxylation is 1. The van der Waals surface area contributed by atoms with Crippen LogP contribution in [-0.2, 0) is 22.4 Å². The summed E-state index contributed by atoms with van der Waals surface area (Å²) in [5.74, 6) is 3.01. The fourth-order valence-electron chi connectivity index (χ4n) is 4.99. The molecule has 1 fully saturated rings. The first kappa shape index (κ1) is 26.1. The highest BCUT2D eigenvalue weighted by atomic mass is 16.6. The van der Waals surface area contributed by atoms with E-state index in [4.69, 9.17) is 9.72 Å². The molecule has 9 nitrogen and oxygen atoms in total. The number of ether oxygens (including phenoxy) is 1. The molecule has 9 heteroatoms.